The maximum Gasteiger partial charge on any atom is 0.145 e. The van der Waals surface area contributed by atoms with E-state index in [2.05, 4.69) is 55.4 Å². The summed E-state index contributed by atoms with van der Waals surface area (Å²) in [5.74, 6) is 1.77. The van der Waals surface area contributed by atoms with Gasteiger partial charge in [-0.1, -0.05) is 19.9 Å². The quantitative estimate of drug-likeness (QED) is 0.442. The van der Waals surface area contributed by atoms with E-state index in [9.17, 15) is 0 Å². The molecule has 2 heterocycles. The molecule has 0 saturated carbocycles. The second kappa shape index (κ2) is 13.3. The van der Waals surface area contributed by atoms with E-state index in [0.29, 0.717) is 19.8 Å². The highest BCUT2D eigenvalue weighted by Crippen LogP contribution is 2.38. The smallest absolute Gasteiger partial charge is 0.145 e. The molecule has 0 amide bonds. The molecule has 1 saturated heterocycles. The summed E-state index contributed by atoms with van der Waals surface area (Å²) in [5.41, 5.74) is 4.19. The molecular formula is C27H44N4O4. The van der Waals surface area contributed by atoms with E-state index in [1.54, 1.807) is 14.2 Å². The van der Waals surface area contributed by atoms with E-state index < -0.39 is 5.54 Å². The standard InChI is InChI=1S/C27H44N4O4/c1-7-23-26(29-22(17-32-5)18-33-6)28-19-27(8-2,30-23)25-21(4)15-20(3)16-24(25)35-14-11-31-9-12-34-13-10-31/h15-16,19,22,29-30H,7-14,17-18H2,1-6H3. The number of hydrogen-bond donors (Lipinski definition) is 2. The first-order valence-electron chi connectivity index (χ1n) is 12.8. The number of morpholine rings is 1. The van der Waals surface area contributed by atoms with Crippen LogP contribution in [0.4, 0.5) is 0 Å². The lowest BCUT2D eigenvalue weighted by Crippen LogP contribution is -2.48. The van der Waals surface area contributed by atoms with Crippen molar-refractivity contribution in [2.45, 2.75) is 52.1 Å². The van der Waals surface area contributed by atoms with Gasteiger partial charge in [-0.25, -0.2) is 4.99 Å². The first kappa shape index (κ1) is 27.5. The molecule has 1 aromatic carbocycles. The third-order valence-electron chi connectivity index (χ3n) is 6.72. The predicted molar refractivity (Wildman–Crippen MR) is 140 cm³/mol. The molecule has 0 radical (unpaired) electrons. The maximum atomic E-state index is 6.46. The molecule has 8 nitrogen and oxygen atoms in total. The lowest BCUT2D eigenvalue weighted by Gasteiger charge is -2.39. The zero-order valence-corrected chi connectivity index (χ0v) is 22.4. The van der Waals surface area contributed by atoms with Gasteiger partial charge in [0.15, 0.2) is 0 Å². The van der Waals surface area contributed by atoms with Crippen molar-refractivity contribution >= 4 is 6.21 Å². The molecule has 0 aromatic heterocycles. The van der Waals surface area contributed by atoms with Crippen molar-refractivity contribution in [3.63, 3.8) is 0 Å². The van der Waals surface area contributed by atoms with Crippen LogP contribution >= 0.6 is 0 Å². The Hall–Kier alpha value is -2.13. The van der Waals surface area contributed by atoms with Crippen LogP contribution in [0.15, 0.2) is 28.6 Å². The Balaban J connectivity index is 1.85. The van der Waals surface area contributed by atoms with E-state index in [1.165, 1.54) is 11.1 Å². The largest absolute Gasteiger partial charge is 0.492 e. The van der Waals surface area contributed by atoms with Crippen LogP contribution in [-0.2, 0) is 19.7 Å². The second-order valence-electron chi connectivity index (χ2n) is 9.40. The number of aliphatic imine (C=N–C) groups is 1. The number of aryl methyl sites for hydroxylation is 2. The SMILES string of the molecule is CCC1=C(NC(COC)COC)N=CC(CC)(c2c(C)cc(C)cc2OCCN2CCOCC2)N1. The molecule has 0 aliphatic carbocycles. The van der Waals surface area contributed by atoms with Gasteiger partial charge in [-0.2, -0.15) is 0 Å². The van der Waals surface area contributed by atoms with Crippen LogP contribution in [0, 0.1) is 13.8 Å². The van der Waals surface area contributed by atoms with Crippen molar-refractivity contribution in [3.05, 3.63) is 40.3 Å². The normalized spacial score (nSPS) is 20.9. The molecule has 0 spiro atoms. The summed E-state index contributed by atoms with van der Waals surface area (Å²) in [4.78, 5) is 7.33. The van der Waals surface area contributed by atoms with Crippen LogP contribution in [0.5, 0.6) is 5.75 Å². The van der Waals surface area contributed by atoms with Gasteiger partial charge in [0.2, 0.25) is 0 Å². The van der Waals surface area contributed by atoms with Gasteiger partial charge in [-0.05, 0) is 43.9 Å². The van der Waals surface area contributed by atoms with Crippen LogP contribution in [0.2, 0.25) is 0 Å². The fourth-order valence-electron chi connectivity index (χ4n) is 4.93. The molecule has 1 aromatic rings. The van der Waals surface area contributed by atoms with Crippen molar-refractivity contribution in [2.24, 2.45) is 4.99 Å². The van der Waals surface area contributed by atoms with Gasteiger partial charge in [0.05, 0.1) is 38.2 Å². The number of rotatable bonds is 13. The van der Waals surface area contributed by atoms with Crippen molar-refractivity contribution in [1.82, 2.24) is 15.5 Å². The fourth-order valence-corrected chi connectivity index (χ4v) is 4.93. The van der Waals surface area contributed by atoms with Crippen LogP contribution in [0.25, 0.3) is 0 Å². The molecule has 3 rings (SSSR count). The lowest BCUT2D eigenvalue weighted by molar-refractivity contribution is 0.0321. The minimum absolute atomic E-state index is 0.0230. The van der Waals surface area contributed by atoms with Crippen molar-refractivity contribution in [1.29, 1.82) is 0 Å². The Kier molecular flexibility index (Phi) is 10.4. The summed E-state index contributed by atoms with van der Waals surface area (Å²) in [6.45, 7) is 14.8. The lowest BCUT2D eigenvalue weighted by atomic mass is 9.82. The highest BCUT2D eigenvalue weighted by molar-refractivity contribution is 5.78. The Labute approximate surface area is 211 Å². The van der Waals surface area contributed by atoms with Gasteiger partial charge >= 0.3 is 0 Å². The van der Waals surface area contributed by atoms with Crippen LogP contribution < -0.4 is 15.4 Å². The summed E-state index contributed by atoms with van der Waals surface area (Å²) in [6.07, 6.45) is 3.71. The Morgan fingerprint density at radius 2 is 1.86 bits per heavy atom. The Morgan fingerprint density at radius 3 is 2.49 bits per heavy atom. The molecule has 1 fully saturated rings. The topological polar surface area (TPSA) is 76.6 Å². The molecule has 1 unspecified atom stereocenters. The summed E-state index contributed by atoms with van der Waals surface area (Å²) in [6, 6.07) is 4.41. The highest BCUT2D eigenvalue weighted by Gasteiger charge is 2.37. The number of hydrogen-bond acceptors (Lipinski definition) is 8. The summed E-state index contributed by atoms with van der Waals surface area (Å²) in [7, 11) is 3.40. The molecular weight excluding hydrogens is 444 g/mol. The molecule has 2 aliphatic heterocycles. The summed E-state index contributed by atoms with van der Waals surface area (Å²) < 4.78 is 22.6. The average Bonchev–Trinajstić information content (AvgIpc) is 2.85. The van der Waals surface area contributed by atoms with Gasteiger partial charge in [0, 0.05) is 45.6 Å². The molecule has 0 bridgehead atoms. The number of benzene rings is 1. The number of allylic oxidation sites excluding steroid dienone is 1. The zero-order valence-electron chi connectivity index (χ0n) is 22.4. The van der Waals surface area contributed by atoms with E-state index in [1.807, 2.05) is 6.21 Å². The number of methoxy groups -OCH3 is 2. The molecule has 2 aliphatic rings. The molecule has 2 N–H and O–H groups in total. The van der Waals surface area contributed by atoms with Crippen molar-refractivity contribution in [3.8, 4) is 5.75 Å². The predicted octanol–water partition coefficient (Wildman–Crippen LogP) is 3.12. The van der Waals surface area contributed by atoms with Gasteiger partial charge < -0.3 is 29.6 Å². The van der Waals surface area contributed by atoms with Crippen LogP contribution in [0.1, 0.15) is 43.4 Å². The molecule has 1 atom stereocenters. The third kappa shape index (κ3) is 6.97. The summed E-state index contributed by atoms with van der Waals surface area (Å²) in [5, 5.41) is 7.35. The first-order chi connectivity index (χ1) is 17.0. The van der Waals surface area contributed by atoms with Crippen LogP contribution in [0.3, 0.4) is 0 Å². The monoisotopic (exact) mass is 488 g/mol. The number of ether oxygens (including phenoxy) is 4. The van der Waals surface area contributed by atoms with E-state index in [0.717, 1.165) is 68.5 Å². The first-order valence-corrected chi connectivity index (χ1v) is 12.8. The van der Waals surface area contributed by atoms with Gasteiger partial charge in [0.25, 0.3) is 0 Å². The van der Waals surface area contributed by atoms with Crippen molar-refractivity contribution < 1.29 is 18.9 Å². The van der Waals surface area contributed by atoms with Gasteiger partial charge in [-0.3, -0.25) is 4.90 Å². The van der Waals surface area contributed by atoms with E-state index in [4.69, 9.17) is 23.9 Å². The minimum atomic E-state index is -0.444. The second-order valence-corrected chi connectivity index (χ2v) is 9.40. The Bertz CT molecular complexity index is 876. The van der Waals surface area contributed by atoms with E-state index >= 15 is 0 Å². The van der Waals surface area contributed by atoms with E-state index in [-0.39, 0.29) is 6.04 Å². The van der Waals surface area contributed by atoms with Crippen LogP contribution in [-0.4, -0.2) is 84.0 Å². The summed E-state index contributed by atoms with van der Waals surface area (Å²) >= 11 is 0. The maximum absolute atomic E-state index is 6.46. The molecule has 35 heavy (non-hydrogen) atoms. The average molecular weight is 489 g/mol. The third-order valence-corrected chi connectivity index (χ3v) is 6.72. The fraction of sp³-hybridized carbons (Fsp3) is 0.667. The minimum Gasteiger partial charge on any atom is -0.492 e. The molecule has 8 heteroatoms. The Morgan fingerprint density at radius 1 is 1.14 bits per heavy atom. The number of nitrogens with zero attached hydrogens (tertiary/aromatic N) is 2. The van der Waals surface area contributed by atoms with Gasteiger partial charge in [0.1, 0.15) is 23.7 Å². The number of nitrogens with one attached hydrogen (secondary N) is 2. The highest BCUT2D eigenvalue weighted by atomic mass is 16.5. The molecule has 196 valence electrons. The van der Waals surface area contributed by atoms with Gasteiger partial charge in [-0.15, -0.1) is 0 Å². The zero-order chi connectivity index (χ0) is 25.3. The van der Waals surface area contributed by atoms with Crippen molar-refractivity contribution in [2.75, 3.05) is 66.9 Å².